The Balaban J connectivity index is 1.57. The summed E-state index contributed by atoms with van der Waals surface area (Å²) in [5.41, 5.74) is 3.94. The number of methoxy groups -OCH3 is 1. The SMILES string of the molecule is C=C(CO[C@H](c1ccccc1)[C@H]1CN(C(=O)OC(C)(C)C)c2cccnc2N1Cc1ccc(OC)cc1)c1cccc(Br)c1. The molecule has 4 aromatic rings. The number of hydrogen-bond acceptors (Lipinski definition) is 6. The van der Waals surface area contributed by atoms with Crippen LogP contribution in [0.25, 0.3) is 5.57 Å². The third-order valence-electron chi connectivity index (χ3n) is 7.37. The number of carbonyl (C=O) groups excluding carboxylic acids is 1. The molecule has 0 saturated carbocycles. The average molecular weight is 657 g/mol. The predicted octanol–water partition coefficient (Wildman–Crippen LogP) is 8.45. The summed E-state index contributed by atoms with van der Waals surface area (Å²) in [6, 6.07) is 29.6. The van der Waals surface area contributed by atoms with E-state index in [-0.39, 0.29) is 6.04 Å². The Morgan fingerprint density at radius 1 is 1.02 bits per heavy atom. The van der Waals surface area contributed by atoms with Gasteiger partial charge in [0.25, 0.3) is 0 Å². The summed E-state index contributed by atoms with van der Waals surface area (Å²) in [6.45, 7) is 11.1. The lowest BCUT2D eigenvalue weighted by molar-refractivity contribution is 0.0461. The molecule has 0 spiro atoms. The molecule has 0 radical (unpaired) electrons. The Labute approximate surface area is 268 Å². The van der Waals surface area contributed by atoms with Crippen molar-refractivity contribution in [3.8, 4) is 5.75 Å². The van der Waals surface area contributed by atoms with Gasteiger partial charge in [-0.2, -0.15) is 0 Å². The summed E-state index contributed by atoms with van der Waals surface area (Å²) < 4.78 is 19.0. The molecule has 1 aromatic heterocycles. The standard InChI is InChI=1S/C36H38BrN3O4/c1-25(28-13-9-14-29(37)21-28)24-43-33(27-11-7-6-8-12-27)32-23-40(35(41)44-36(2,3)4)31-15-10-20-38-34(31)39(32)22-26-16-18-30(42-5)19-17-26/h6-21,32-33H,1,22-24H2,2-5H3/t32-,33-/m1/s1. The molecule has 5 rings (SSSR count). The summed E-state index contributed by atoms with van der Waals surface area (Å²) in [5.74, 6) is 1.47. The van der Waals surface area contributed by atoms with Gasteiger partial charge in [-0.3, -0.25) is 4.90 Å². The summed E-state index contributed by atoms with van der Waals surface area (Å²) in [6.07, 6.45) is 0.896. The monoisotopic (exact) mass is 655 g/mol. The average Bonchev–Trinajstić information content (AvgIpc) is 3.01. The highest BCUT2D eigenvalue weighted by atomic mass is 79.9. The van der Waals surface area contributed by atoms with Crippen LogP contribution in [0.5, 0.6) is 5.75 Å². The van der Waals surface area contributed by atoms with Crippen molar-refractivity contribution in [1.29, 1.82) is 0 Å². The third kappa shape index (κ3) is 7.49. The molecule has 0 fully saturated rings. The van der Waals surface area contributed by atoms with Gasteiger partial charge in [-0.05, 0) is 79.4 Å². The van der Waals surface area contributed by atoms with E-state index in [1.165, 1.54) is 0 Å². The van der Waals surface area contributed by atoms with Crippen molar-refractivity contribution < 1.29 is 19.0 Å². The molecule has 44 heavy (non-hydrogen) atoms. The fourth-order valence-electron chi connectivity index (χ4n) is 5.28. The van der Waals surface area contributed by atoms with E-state index in [1.54, 1.807) is 18.2 Å². The van der Waals surface area contributed by atoms with Gasteiger partial charge >= 0.3 is 6.09 Å². The Morgan fingerprint density at radius 3 is 2.45 bits per heavy atom. The first-order chi connectivity index (χ1) is 21.1. The quantitative estimate of drug-likeness (QED) is 0.180. The fourth-order valence-corrected chi connectivity index (χ4v) is 5.68. The number of amides is 1. The van der Waals surface area contributed by atoms with Crippen molar-refractivity contribution in [2.45, 2.75) is 45.1 Å². The van der Waals surface area contributed by atoms with E-state index < -0.39 is 17.8 Å². The van der Waals surface area contributed by atoms with E-state index >= 15 is 0 Å². The predicted molar refractivity (Wildman–Crippen MR) is 179 cm³/mol. The number of halogens is 1. The number of pyridine rings is 1. The smallest absolute Gasteiger partial charge is 0.415 e. The van der Waals surface area contributed by atoms with E-state index in [9.17, 15) is 4.79 Å². The minimum Gasteiger partial charge on any atom is -0.497 e. The highest BCUT2D eigenvalue weighted by Crippen LogP contribution is 2.40. The Bertz CT molecular complexity index is 1590. The van der Waals surface area contributed by atoms with Gasteiger partial charge in [0.05, 0.1) is 32.0 Å². The van der Waals surface area contributed by atoms with Crippen LogP contribution in [0.15, 0.2) is 108 Å². The van der Waals surface area contributed by atoms with Gasteiger partial charge in [0, 0.05) is 17.2 Å². The van der Waals surface area contributed by atoms with E-state index in [0.717, 1.165) is 32.5 Å². The lowest BCUT2D eigenvalue weighted by Crippen LogP contribution is -2.54. The number of aromatic nitrogens is 1. The van der Waals surface area contributed by atoms with Crippen LogP contribution in [0.3, 0.4) is 0 Å². The zero-order chi connectivity index (χ0) is 31.3. The van der Waals surface area contributed by atoms with Crippen LogP contribution in [-0.2, 0) is 16.0 Å². The topological polar surface area (TPSA) is 64.1 Å². The molecule has 0 N–H and O–H groups in total. The van der Waals surface area contributed by atoms with Crippen molar-refractivity contribution in [2.75, 3.05) is 30.1 Å². The second-order valence-electron chi connectivity index (χ2n) is 11.7. The first-order valence-electron chi connectivity index (χ1n) is 14.6. The number of carbonyl (C=O) groups is 1. The van der Waals surface area contributed by atoms with Crippen molar-refractivity contribution in [1.82, 2.24) is 4.98 Å². The lowest BCUT2D eigenvalue weighted by Gasteiger charge is -2.45. The largest absolute Gasteiger partial charge is 0.497 e. The number of benzene rings is 3. The first-order valence-corrected chi connectivity index (χ1v) is 15.4. The number of nitrogens with zero attached hydrogens (tertiary/aromatic N) is 3. The Kier molecular flexibility index (Phi) is 9.71. The minimum absolute atomic E-state index is 0.296. The van der Waals surface area contributed by atoms with Gasteiger partial charge in [0.15, 0.2) is 5.82 Å². The number of rotatable bonds is 9. The molecule has 0 aliphatic carbocycles. The molecule has 2 atom stereocenters. The Hall–Kier alpha value is -4.14. The summed E-state index contributed by atoms with van der Waals surface area (Å²) in [5, 5.41) is 0. The van der Waals surface area contributed by atoms with Crippen LogP contribution < -0.4 is 14.5 Å². The van der Waals surface area contributed by atoms with E-state index in [0.29, 0.717) is 31.2 Å². The number of anilines is 2. The van der Waals surface area contributed by atoms with Gasteiger partial charge in [-0.25, -0.2) is 9.78 Å². The molecule has 0 bridgehead atoms. The molecule has 2 heterocycles. The third-order valence-corrected chi connectivity index (χ3v) is 7.87. The van der Waals surface area contributed by atoms with Crippen molar-refractivity contribution in [3.63, 3.8) is 0 Å². The van der Waals surface area contributed by atoms with Crippen molar-refractivity contribution in [3.05, 3.63) is 125 Å². The zero-order valence-corrected chi connectivity index (χ0v) is 27.2. The molecule has 3 aromatic carbocycles. The number of fused-ring (bicyclic) bond motifs is 1. The maximum Gasteiger partial charge on any atom is 0.415 e. The zero-order valence-electron chi connectivity index (χ0n) is 25.6. The molecule has 1 aliphatic heterocycles. The highest BCUT2D eigenvalue weighted by Gasteiger charge is 2.41. The van der Waals surface area contributed by atoms with E-state index in [2.05, 4.69) is 39.5 Å². The Morgan fingerprint density at radius 2 is 1.77 bits per heavy atom. The van der Waals surface area contributed by atoms with Crippen LogP contribution in [0.1, 0.15) is 43.6 Å². The normalized spacial score (nSPS) is 15.3. The maximum absolute atomic E-state index is 13.7. The van der Waals surface area contributed by atoms with Gasteiger partial charge in [-0.15, -0.1) is 0 Å². The molecular weight excluding hydrogens is 618 g/mol. The second-order valence-corrected chi connectivity index (χ2v) is 12.7. The molecule has 0 saturated heterocycles. The molecule has 1 aliphatic rings. The number of hydrogen-bond donors (Lipinski definition) is 0. The molecule has 228 valence electrons. The van der Waals surface area contributed by atoms with Gasteiger partial charge in [-0.1, -0.05) is 77.1 Å². The van der Waals surface area contributed by atoms with Gasteiger partial charge in [0.1, 0.15) is 17.5 Å². The first kappa shape index (κ1) is 31.3. The second kappa shape index (κ2) is 13.7. The molecular formula is C36H38BrN3O4. The maximum atomic E-state index is 13.7. The molecule has 8 heteroatoms. The van der Waals surface area contributed by atoms with Crippen LogP contribution in [-0.4, -0.2) is 43.0 Å². The van der Waals surface area contributed by atoms with Crippen molar-refractivity contribution >= 4 is 39.1 Å². The highest BCUT2D eigenvalue weighted by molar-refractivity contribution is 9.10. The fraction of sp³-hybridized carbons (Fsp3) is 0.278. The summed E-state index contributed by atoms with van der Waals surface area (Å²) in [4.78, 5) is 22.4. The summed E-state index contributed by atoms with van der Waals surface area (Å²) >= 11 is 3.56. The van der Waals surface area contributed by atoms with Gasteiger partial charge < -0.3 is 19.1 Å². The van der Waals surface area contributed by atoms with Crippen LogP contribution in [0.2, 0.25) is 0 Å². The van der Waals surface area contributed by atoms with Crippen molar-refractivity contribution in [2.24, 2.45) is 0 Å². The molecule has 1 amide bonds. The molecule has 0 unspecified atom stereocenters. The van der Waals surface area contributed by atoms with Gasteiger partial charge in [0.2, 0.25) is 0 Å². The van der Waals surface area contributed by atoms with Crippen LogP contribution in [0, 0.1) is 0 Å². The summed E-state index contributed by atoms with van der Waals surface area (Å²) in [7, 11) is 1.66. The van der Waals surface area contributed by atoms with Crippen LogP contribution in [0.4, 0.5) is 16.3 Å². The number of ether oxygens (including phenoxy) is 3. The van der Waals surface area contributed by atoms with Crippen LogP contribution >= 0.6 is 15.9 Å². The van der Waals surface area contributed by atoms with E-state index in [1.807, 2.05) is 99.6 Å². The minimum atomic E-state index is -0.661. The van der Waals surface area contributed by atoms with E-state index in [4.69, 9.17) is 19.2 Å². The lowest BCUT2D eigenvalue weighted by atomic mass is 9.96. The molecule has 7 nitrogen and oxygen atoms in total.